The third-order valence-electron chi connectivity index (χ3n) is 4.31. The van der Waals surface area contributed by atoms with Gasteiger partial charge in [-0.25, -0.2) is 4.79 Å². The third kappa shape index (κ3) is 2.35. The van der Waals surface area contributed by atoms with Gasteiger partial charge in [0, 0.05) is 24.8 Å². The molecule has 5 nitrogen and oxygen atoms in total. The normalized spacial score (nSPS) is 30.5. The molecule has 2 N–H and O–H groups in total. The first-order valence-electron chi connectivity index (χ1n) is 6.76. The monoisotopic (exact) mass is 262 g/mol. The lowest BCUT2D eigenvalue weighted by molar-refractivity contribution is 0.0299. The van der Waals surface area contributed by atoms with Crippen LogP contribution in [0.15, 0.2) is 18.3 Å². The molecule has 0 radical (unpaired) electrons. The summed E-state index contributed by atoms with van der Waals surface area (Å²) in [6.45, 7) is 0.574. The van der Waals surface area contributed by atoms with E-state index in [1.54, 1.807) is 18.3 Å². The van der Waals surface area contributed by atoms with Gasteiger partial charge in [-0.1, -0.05) is 0 Å². The predicted octanol–water partition coefficient (Wildman–Crippen LogP) is 1.27. The van der Waals surface area contributed by atoms with Crippen LogP contribution >= 0.6 is 0 Å². The Balaban J connectivity index is 1.81. The number of hydrogen-bond acceptors (Lipinski definition) is 4. The van der Waals surface area contributed by atoms with Crippen molar-refractivity contribution in [3.63, 3.8) is 0 Å². The molecule has 5 heteroatoms. The Morgan fingerprint density at radius 2 is 2.05 bits per heavy atom. The van der Waals surface area contributed by atoms with Crippen LogP contribution < -0.4 is 0 Å². The van der Waals surface area contributed by atoms with E-state index in [0.29, 0.717) is 24.3 Å². The Bertz CT molecular complexity index is 477. The van der Waals surface area contributed by atoms with Crippen LogP contribution in [0.25, 0.3) is 0 Å². The molecular formula is C14H18N2O3. The van der Waals surface area contributed by atoms with Crippen molar-refractivity contribution in [3.05, 3.63) is 29.6 Å². The summed E-state index contributed by atoms with van der Waals surface area (Å²) < 4.78 is 0. The van der Waals surface area contributed by atoms with Crippen LogP contribution in [0.1, 0.15) is 41.7 Å². The molecule has 1 aromatic heterocycles. The van der Waals surface area contributed by atoms with Gasteiger partial charge in [-0.2, -0.15) is 0 Å². The number of piperidine rings is 1. The molecule has 3 rings (SSSR count). The van der Waals surface area contributed by atoms with E-state index in [1.807, 2.05) is 0 Å². The lowest BCUT2D eigenvalue weighted by Crippen LogP contribution is -2.44. The quantitative estimate of drug-likeness (QED) is 0.858. The fourth-order valence-electron chi connectivity index (χ4n) is 3.44. The summed E-state index contributed by atoms with van der Waals surface area (Å²) in [4.78, 5) is 17.7. The van der Waals surface area contributed by atoms with Crippen molar-refractivity contribution in [1.29, 1.82) is 0 Å². The SMILES string of the molecule is O=C(O)c1cccnc1CN1C2CCC1CC(O)C2. The van der Waals surface area contributed by atoms with E-state index in [9.17, 15) is 15.0 Å². The molecule has 2 saturated heterocycles. The Morgan fingerprint density at radius 3 is 2.68 bits per heavy atom. The summed E-state index contributed by atoms with van der Waals surface area (Å²) >= 11 is 0. The number of pyridine rings is 1. The second-order valence-corrected chi connectivity index (χ2v) is 5.49. The second-order valence-electron chi connectivity index (χ2n) is 5.49. The average molecular weight is 262 g/mol. The van der Waals surface area contributed by atoms with Gasteiger partial charge in [0.05, 0.1) is 17.4 Å². The molecule has 0 saturated carbocycles. The van der Waals surface area contributed by atoms with Gasteiger partial charge in [0.1, 0.15) is 0 Å². The van der Waals surface area contributed by atoms with Crippen molar-refractivity contribution in [1.82, 2.24) is 9.88 Å². The molecule has 2 atom stereocenters. The summed E-state index contributed by atoms with van der Waals surface area (Å²) in [5.41, 5.74) is 0.913. The number of aliphatic hydroxyl groups is 1. The van der Waals surface area contributed by atoms with E-state index >= 15 is 0 Å². The number of aliphatic hydroxyl groups excluding tert-OH is 1. The molecule has 1 aromatic rings. The molecule has 3 heterocycles. The number of carboxylic acid groups (broad SMARTS) is 1. The smallest absolute Gasteiger partial charge is 0.337 e. The van der Waals surface area contributed by atoms with Crippen molar-refractivity contribution in [2.45, 2.75) is 50.4 Å². The first kappa shape index (κ1) is 12.6. The summed E-state index contributed by atoms with van der Waals surface area (Å²) in [6.07, 6.45) is 5.23. The highest BCUT2D eigenvalue weighted by atomic mass is 16.4. The predicted molar refractivity (Wildman–Crippen MR) is 68.8 cm³/mol. The van der Waals surface area contributed by atoms with Crippen LogP contribution in [-0.2, 0) is 6.54 Å². The zero-order valence-electron chi connectivity index (χ0n) is 10.7. The Kier molecular flexibility index (Phi) is 3.24. The fourth-order valence-corrected chi connectivity index (χ4v) is 3.44. The molecule has 2 unspecified atom stereocenters. The standard InChI is InChI=1S/C14H18N2O3/c17-11-6-9-3-4-10(7-11)16(9)8-13-12(14(18)19)2-1-5-15-13/h1-2,5,9-11,17H,3-4,6-8H2,(H,18,19). The number of nitrogens with zero attached hydrogens (tertiary/aromatic N) is 2. The van der Waals surface area contributed by atoms with Crippen LogP contribution in [0.4, 0.5) is 0 Å². The highest BCUT2D eigenvalue weighted by molar-refractivity contribution is 5.88. The summed E-state index contributed by atoms with van der Waals surface area (Å²) in [5.74, 6) is -0.924. The topological polar surface area (TPSA) is 73.7 Å². The van der Waals surface area contributed by atoms with Crippen molar-refractivity contribution < 1.29 is 15.0 Å². The number of hydrogen-bond donors (Lipinski definition) is 2. The van der Waals surface area contributed by atoms with Gasteiger partial charge >= 0.3 is 5.97 Å². The molecule has 2 aliphatic heterocycles. The minimum absolute atomic E-state index is 0.198. The number of aromatic carboxylic acids is 1. The van der Waals surface area contributed by atoms with Gasteiger partial charge in [-0.05, 0) is 37.8 Å². The lowest BCUT2D eigenvalue weighted by atomic mass is 9.99. The molecule has 0 spiro atoms. The molecular weight excluding hydrogens is 244 g/mol. The van der Waals surface area contributed by atoms with Crippen molar-refractivity contribution in [2.24, 2.45) is 0 Å². The minimum Gasteiger partial charge on any atom is -0.478 e. The number of fused-ring (bicyclic) bond motifs is 2. The number of aromatic nitrogens is 1. The molecule has 102 valence electrons. The maximum Gasteiger partial charge on any atom is 0.337 e. The fraction of sp³-hybridized carbons (Fsp3) is 0.571. The summed E-state index contributed by atoms with van der Waals surface area (Å²) in [7, 11) is 0. The van der Waals surface area contributed by atoms with Gasteiger partial charge in [-0.15, -0.1) is 0 Å². The Hall–Kier alpha value is -1.46. The van der Waals surface area contributed by atoms with Crippen LogP contribution in [-0.4, -0.2) is 44.3 Å². The second kappa shape index (κ2) is 4.90. The van der Waals surface area contributed by atoms with E-state index in [-0.39, 0.29) is 11.7 Å². The van der Waals surface area contributed by atoms with Gasteiger partial charge < -0.3 is 10.2 Å². The molecule has 19 heavy (non-hydrogen) atoms. The zero-order chi connectivity index (χ0) is 13.4. The highest BCUT2D eigenvalue weighted by Gasteiger charge is 2.40. The van der Waals surface area contributed by atoms with Crippen LogP contribution in [0.3, 0.4) is 0 Å². The largest absolute Gasteiger partial charge is 0.478 e. The Labute approximate surface area is 111 Å². The molecule has 2 fully saturated rings. The molecule has 0 aliphatic carbocycles. The zero-order valence-corrected chi connectivity index (χ0v) is 10.7. The van der Waals surface area contributed by atoms with E-state index in [2.05, 4.69) is 9.88 Å². The minimum atomic E-state index is -0.924. The molecule has 0 aromatic carbocycles. The van der Waals surface area contributed by atoms with E-state index in [1.165, 1.54) is 0 Å². The van der Waals surface area contributed by atoms with E-state index in [4.69, 9.17) is 0 Å². The first-order valence-corrected chi connectivity index (χ1v) is 6.76. The van der Waals surface area contributed by atoms with Gasteiger partial charge in [0.15, 0.2) is 0 Å². The number of carboxylic acids is 1. The maximum atomic E-state index is 11.2. The molecule has 2 aliphatic rings. The third-order valence-corrected chi connectivity index (χ3v) is 4.31. The van der Waals surface area contributed by atoms with Crippen molar-refractivity contribution in [2.75, 3.05) is 0 Å². The van der Waals surface area contributed by atoms with Crippen LogP contribution in [0, 0.1) is 0 Å². The molecule has 2 bridgehead atoms. The van der Waals surface area contributed by atoms with Gasteiger partial charge in [0.25, 0.3) is 0 Å². The Morgan fingerprint density at radius 1 is 1.37 bits per heavy atom. The number of rotatable bonds is 3. The summed E-state index contributed by atoms with van der Waals surface area (Å²) in [5, 5.41) is 19.0. The van der Waals surface area contributed by atoms with Crippen molar-refractivity contribution >= 4 is 5.97 Å². The van der Waals surface area contributed by atoms with Gasteiger partial charge in [-0.3, -0.25) is 9.88 Å². The van der Waals surface area contributed by atoms with E-state index in [0.717, 1.165) is 25.7 Å². The van der Waals surface area contributed by atoms with Crippen molar-refractivity contribution in [3.8, 4) is 0 Å². The molecule has 0 amide bonds. The first-order chi connectivity index (χ1) is 9.15. The number of carbonyl (C=O) groups is 1. The lowest BCUT2D eigenvalue weighted by Gasteiger charge is -2.37. The maximum absolute atomic E-state index is 11.2. The van der Waals surface area contributed by atoms with Gasteiger partial charge in [0.2, 0.25) is 0 Å². The van der Waals surface area contributed by atoms with E-state index < -0.39 is 5.97 Å². The summed E-state index contributed by atoms with van der Waals surface area (Å²) in [6, 6.07) is 4.00. The van der Waals surface area contributed by atoms with Crippen LogP contribution in [0.5, 0.6) is 0 Å². The average Bonchev–Trinajstić information content (AvgIpc) is 2.62. The van der Waals surface area contributed by atoms with Crippen LogP contribution in [0.2, 0.25) is 0 Å². The highest BCUT2D eigenvalue weighted by Crippen LogP contribution is 2.36.